The lowest BCUT2D eigenvalue weighted by Crippen LogP contribution is -2.14. The summed E-state index contributed by atoms with van der Waals surface area (Å²) in [6.45, 7) is -0.505. The number of nitrogens with one attached hydrogen (secondary N) is 1. The molecule has 0 aromatic heterocycles. The largest absolute Gasteiger partial charge is 0.481 e. The van der Waals surface area contributed by atoms with Crippen LogP contribution >= 0.6 is 15.9 Å². The standard InChI is InChI=1S/C19H13BrN2O6/c20-15-7-11(4-5-16(15)28-10-17(23)24)6-13(9-21)18(25)22-14-3-1-2-12(8-14)19(26)27/h1-8H,10H2,(H,22,25)(H,23,24)(H,26,27)/b13-6-. The van der Waals surface area contributed by atoms with E-state index in [1.807, 2.05) is 0 Å². The molecule has 0 unspecified atom stereocenters. The van der Waals surface area contributed by atoms with Crippen LogP contribution in [-0.2, 0) is 9.59 Å². The van der Waals surface area contributed by atoms with Crippen LogP contribution in [0.2, 0.25) is 0 Å². The van der Waals surface area contributed by atoms with Gasteiger partial charge in [0.2, 0.25) is 0 Å². The summed E-state index contributed by atoms with van der Waals surface area (Å²) in [7, 11) is 0. The van der Waals surface area contributed by atoms with E-state index in [4.69, 9.17) is 14.9 Å². The van der Waals surface area contributed by atoms with Crippen LogP contribution in [0.4, 0.5) is 5.69 Å². The highest BCUT2D eigenvalue weighted by atomic mass is 79.9. The Morgan fingerprint density at radius 1 is 1.18 bits per heavy atom. The van der Waals surface area contributed by atoms with Crippen molar-refractivity contribution in [3.63, 3.8) is 0 Å². The molecule has 0 aliphatic rings. The molecule has 1 amide bonds. The molecule has 0 bridgehead atoms. The van der Waals surface area contributed by atoms with Crippen molar-refractivity contribution in [1.82, 2.24) is 0 Å². The van der Waals surface area contributed by atoms with Gasteiger partial charge in [-0.1, -0.05) is 12.1 Å². The number of benzene rings is 2. The monoisotopic (exact) mass is 444 g/mol. The van der Waals surface area contributed by atoms with Crippen molar-refractivity contribution in [3.05, 3.63) is 63.6 Å². The van der Waals surface area contributed by atoms with E-state index in [2.05, 4.69) is 21.2 Å². The Morgan fingerprint density at radius 2 is 1.93 bits per heavy atom. The van der Waals surface area contributed by atoms with Crippen LogP contribution in [-0.4, -0.2) is 34.7 Å². The molecule has 142 valence electrons. The maximum Gasteiger partial charge on any atom is 0.341 e. The maximum atomic E-state index is 12.3. The number of hydrogen-bond donors (Lipinski definition) is 3. The number of carboxylic acid groups (broad SMARTS) is 2. The van der Waals surface area contributed by atoms with Gasteiger partial charge in [-0.2, -0.15) is 5.26 Å². The number of ether oxygens (including phenoxy) is 1. The molecule has 9 heteroatoms. The van der Waals surface area contributed by atoms with Gasteiger partial charge in [-0.05, 0) is 57.9 Å². The Morgan fingerprint density at radius 3 is 2.54 bits per heavy atom. The lowest BCUT2D eigenvalue weighted by Gasteiger charge is -2.07. The van der Waals surface area contributed by atoms with Crippen LogP contribution in [0.1, 0.15) is 15.9 Å². The maximum absolute atomic E-state index is 12.3. The van der Waals surface area contributed by atoms with Crippen LogP contribution in [0.5, 0.6) is 5.75 Å². The van der Waals surface area contributed by atoms with Crippen LogP contribution in [0.25, 0.3) is 6.08 Å². The number of rotatable bonds is 7. The number of anilines is 1. The first-order valence-electron chi connectivity index (χ1n) is 7.71. The minimum atomic E-state index is -1.14. The van der Waals surface area contributed by atoms with Crippen LogP contribution in [0.15, 0.2) is 52.5 Å². The van der Waals surface area contributed by atoms with Crippen molar-refractivity contribution < 1.29 is 29.3 Å². The van der Waals surface area contributed by atoms with Crippen LogP contribution in [0.3, 0.4) is 0 Å². The number of amides is 1. The van der Waals surface area contributed by atoms with E-state index >= 15 is 0 Å². The quantitative estimate of drug-likeness (QED) is 0.440. The first-order valence-corrected chi connectivity index (χ1v) is 8.50. The highest BCUT2D eigenvalue weighted by molar-refractivity contribution is 9.10. The molecular weight excluding hydrogens is 432 g/mol. The molecule has 0 atom stereocenters. The third-order valence-corrected chi connectivity index (χ3v) is 3.97. The van der Waals surface area contributed by atoms with Crippen LogP contribution in [0, 0.1) is 11.3 Å². The predicted molar refractivity (Wildman–Crippen MR) is 103 cm³/mol. The van der Waals surface area contributed by atoms with Crippen molar-refractivity contribution in [1.29, 1.82) is 5.26 Å². The SMILES string of the molecule is N#C/C(=C/c1ccc(OCC(=O)O)c(Br)c1)C(=O)Nc1cccc(C(=O)O)c1. The third kappa shape index (κ3) is 5.69. The van der Waals surface area contributed by atoms with Gasteiger partial charge in [0.05, 0.1) is 10.0 Å². The molecule has 28 heavy (non-hydrogen) atoms. The average Bonchev–Trinajstić information content (AvgIpc) is 2.65. The zero-order valence-electron chi connectivity index (χ0n) is 14.2. The van der Waals surface area contributed by atoms with E-state index in [1.165, 1.54) is 36.4 Å². The molecule has 2 aromatic rings. The molecule has 0 fully saturated rings. The van der Waals surface area contributed by atoms with E-state index in [0.717, 1.165) is 0 Å². The van der Waals surface area contributed by atoms with E-state index in [1.54, 1.807) is 18.2 Å². The van der Waals surface area contributed by atoms with Gasteiger partial charge < -0.3 is 20.3 Å². The van der Waals surface area contributed by atoms with Gasteiger partial charge in [-0.15, -0.1) is 0 Å². The number of aromatic carboxylic acids is 1. The highest BCUT2D eigenvalue weighted by Gasteiger charge is 2.12. The number of nitriles is 1. The molecule has 0 heterocycles. The normalized spacial score (nSPS) is 10.6. The Kier molecular flexibility index (Phi) is 6.90. The number of nitrogens with zero attached hydrogens (tertiary/aromatic N) is 1. The number of hydrogen-bond acceptors (Lipinski definition) is 5. The minimum Gasteiger partial charge on any atom is -0.481 e. The summed E-state index contributed by atoms with van der Waals surface area (Å²) in [5, 5.41) is 29.4. The first-order chi connectivity index (χ1) is 13.3. The van der Waals surface area contributed by atoms with Gasteiger partial charge in [-0.25, -0.2) is 9.59 Å². The molecule has 0 aliphatic heterocycles. The Balaban J connectivity index is 2.19. The molecule has 0 saturated carbocycles. The van der Waals surface area contributed by atoms with Gasteiger partial charge in [0.25, 0.3) is 5.91 Å². The summed E-state index contributed by atoms with van der Waals surface area (Å²) in [5.74, 6) is -2.66. The van der Waals surface area contributed by atoms with Crippen LogP contribution < -0.4 is 10.1 Å². The molecule has 0 radical (unpaired) electrons. The molecule has 0 aliphatic carbocycles. The second-order valence-corrected chi connectivity index (χ2v) is 6.24. The third-order valence-electron chi connectivity index (χ3n) is 3.35. The minimum absolute atomic E-state index is 0.00108. The summed E-state index contributed by atoms with van der Waals surface area (Å²) < 4.78 is 5.54. The van der Waals surface area contributed by atoms with Gasteiger partial charge in [0.1, 0.15) is 17.4 Å². The fourth-order valence-corrected chi connectivity index (χ4v) is 2.62. The van der Waals surface area contributed by atoms with Gasteiger partial charge in [-0.3, -0.25) is 4.79 Å². The Labute approximate surface area is 167 Å². The zero-order chi connectivity index (χ0) is 20.7. The number of carbonyl (C=O) groups excluding carboxylic acids is 1. The number of halogens is 1. The summed E-state index contributed by atoms with van der Waals surface area (Å²) in [5.41, 5.74) is 0.540. The molecule has 3 N–H and O–H groups in total. The lowest BCUT2D eigenvalue weighted by molar-refractivity contribution is -0.139. The fourth-order valence-electron chi connectivity index (χ4n) is 2.11. The van der Waals surface area contributed by atoms with E-state index in [-0.39, 0.29) is 16.8 Å². The molecule has 2 aromatic carbocycles. The number of aliphatic carboxylic acids is 1. The Bertz CT molecular complexity index is 1010. The fraction of sp³-hybridized carbons (Fsp3) is 0.0526. The van der Waals surface area contributed by atoms with Crippen molar-refractivity contribution >= 4 is 45.5 Å². The van der Waals surface area contributed by atoms with Gasteiger partial charge in [0.15, 0.2) is 6.61 Å². The molecule has 8 nitrogen and oxygen atoms in total. The second kappa shape index (κ2) is 9.34. The van der Waals surface area contributed by atoms with Crippen molar-refractivity contribution in [3.8, 4) is 11.8 Å². The van der Waals surface area contributed by atoms with Gasteiger partial charge >= 0.3 is 11.9 Å². The highest BCUT2D eigenvalue weighted by Crippen LogP contribution is 2.27. The number of carboxylic acids is 2. The zero-order valence-corrected chi connectivity index (χ0v) is 15.8. The second-order valence-electron chi connectivity index (χ2n) is 5.38. The summed E-state index contributed by atoms with van der Waals surface area (Å²) in [6, 6.07) is 12.0. The topological polar surface area (TPSA) is 137 Å². The molecule has 0 spiro atoms. The summed E-state index contributed by atoms with van der Waals surface area (Å²) >= 11 is 3.24. The number of carbonyl (C=O) groups is 3. The average molecular weight is 445 g/mol. The Hall–Kier alpha value is -3.64. The summed E-state index contributed by atoms with van der Waals surface area (Å²) in [6.07, 6.45) is 1.34. The molecular formula is C19H13BrN2O6. The van der Waals surface area contributed by atoms with Crippen molar-refractivity contribution in [2.75, 3.05) is 11.9 Å². The lowest BCUT2D eigenvalue weighted by atomic mass is 10.1. The molecule has 2 rings (SSSR count). The smallest absolute Gasteiger partial charge is 0.341 e. The van der Waals surface area contributed by atoms with Crippen molar-refractivity contribution in [2.45, 2.75) is 0 Å². The van der Waals surface area contributed by atoms with Gasteiger partial charge in [0, 0.05) is 5.69 Å². The summed E-state index contributed by atoms with van der Waals surface area (Å²) in [4.78, 5) is 33.9. The first kappa shape index (κ1) is 20.7. The predicted octanol–water partition coefficient (Wildman–Crippen LogP) is 3.16. The van der Waals surface area contributed by atoms with E-state index in [0.29, 0.717) is 15.8 Å². The molecule has 0 saturated heterocycles. The van der Waals surface area contributed by atoms with E-state index in [9.17, 15) is 19.6 Å². The van der Waals surface area contributed by atoms with Crippen molar-refractivity contribution in [2.24, 2.45) is 0 Å². The van der Waals surface area contributed by atoms with E-state index < -0.39 is 24.5 Å².